The standard InChI is InChI=1S/C11H17ClN4O5/c1-7(13-20-5)9(10(18)15(2)3)14-21-11(19)16(4)8(17)6-12/h6H2,1-5H3. The SMILES string of the molecule is CON=C(C)C(=NOC(=O)N(C)C(=O)CCl)C(=O)N(C)C. The van der Waals surface area contributed by atoms with Gasteiger partial charge in [-0.1, -0.05) is 10.3 Å². The quantitative estimate of drug-likeness (QED) is 0.313. The molecule has 10 heteroatoms. The monoisotopic (exact) mass is 320 g/mol. The molecule has 0 fully saturated rings. The van der Waals surface area contributed by atoms with Crippen molar-refractivity contribution >= 4 is 40.9 Å². The number of carbonyl (C=O) groups is 3. The smallest absolute Gasteiger partial charge is 0.399 e. The highest BCUT2D eigenvalue weighted by Crippen LogP contribution is 1.98. The number of amides is 3. The Kier molecular flexibility index (Phi) is 7.99. The summed E-state index contributed by atoms with van der Waals surface area (Å²) in [5.74, 6) is -1.60. The van der Waals surface area contributed by atoms with Crippen molar-refractivity contribution < 1.29 is 24.1 Å². The lowest BCUT2D eigenvalue weighted by Gasteiger charge is -2.13. The van der Waals surface area contributed by atoms with Crippen LogP contribution >= 0.6 is 11.6 Å². The summed E-state index contributed by atoms with van der Waals surface area (Å²) in [4.78, 5) is 45.6. The highest BCUT2D eigenvalue weighted by Gasteiger charge is 2.22. The van der Waals surface area contributed by atoms with Gasteiger partial charge in [0.1, 0.15) is 18.7 Å². The molecule has 0 bridgehead atoms. The predicted octanol–water partition coefficient (Wildman–Crippen LogP) is 0.287. The molecule has 0 saturated carbocycles. The van der Waals surface area contributed by atoms with Crippen LogP contribution in [0.4, 0.5) is 4.79 Å². The summed E-state index contributed by atoms with van der Waals surface area (Å²) >= 11 is 5.31. The van der Waals surface area contributed by atoms with Crippen molar-refractivity contribution in [2.45, 2.75) is 6.92 Å². The van der Waals surface area contributed by atoms with Crippen LogP contribution in [0.5, 0.6) is 0 Å². The molecule has 0 aromatic rings. The van der Waals surface area contributed by atoms with Gasteiger partial charge in [-0.15, -0.1) is 11.6 Å². The first-order chi connectivity index (χ1) is 9.76. The van der Waals surface area contributed by atoms with Gasteiger partial charge >= 0.3 is 6.09 Å². The molecule has 0 rings (SSSR count). The van der Waals surface area contributed by atoms with E-state index in [2.05, 4.69) is 20.0 Å². The Balaban J connectivity index is 5.19. The van der Waals surface area contributed by atoms with Crippen molar-refractivity contribution in [2.24, 2.45) is 10.3 Å². The average molecular weight is 321 g/mol. The molecule has 0 aliphatic rings. The van der Waals surface area contributed by atoms with Crippen molar-refractivity contribution in [2.75, 3.05) is 34.1 Å². The third-order valence-corrected chi connectivity index (χ3v) is 2.39. The number of alkyl halides is 1. The van der Waals surface area contributed by atoms with Gasteiger partial charge in [0, 0.05) is 21.1 Å². The van der Waals surface area contributed by atoms with Gasteiger partial charge in [-0.3, -0.25) is 14.4 Å². The Morgan fingerprint density at radius 2 is 1.71 bits per heavy atom. The number of hydrogen-bond acceptors (Lipinski definition) is 7. The third kappa shape index (κ3) is 5.78. The van der Waals surface area contributed by atoms with Crippen LogP contribution in [0.25, 0.3) is 0 Å². The lowest BCUT2D eigenvalue weighted by atomic mass is 10.2. The zero-order chi connectivity index (χ0) is 16.6. The van der Waals surface area contributed by atoms with E-state index < -0.39 is 17.9 Å². The van der Waals surface area contributed by atoms with Crippen LogP contribution in [0.15, 0.2) is 10.3 Å². The zero-order valence-electron chi connectivity index (χ0n) is 12.4. The van der Waals surface area contributed by atoms with Gasteiger partial charge in [0.15, 0.2) is 5.71 Å². The Morgan fingerprint density at radius 1 is 1.14 bits per heavy atom. The summed E-state index contributed by atoms with van der Waals surface area (Å²) in [6, 6.07) is 0. The fourth-order valence-corrected chi connectivity index (χ4v) is 1.17. The van der Waals surface area contributed by atoms with E-state index in [9.17, 15) is 14.4 Å². The van der Waals surface area contributed by atoms with E-state index in [1.807, 2.05) is 0 Å². The zero-order valence-corrected chi connectivity index (χ0v) is 13.2. The lowest BCUT2D eigenvalue weighted by Crippen LogP contribution is -2.36. The fraction of sp³-hybridized carbons (Fsp3) is 0.545. The van der Waals surface area contributed by atoms with E-state index in [1.54, 1.807) is 0 Å². The largest absolute Gasteiger partial charge is 0.442 e. The Bertz CT molecular complexity index is 475. The summed E-state index contributed by atoms with van der Waals surface area (Å²) in [6.07, 6.45) is -1.07. The van der Waals surface area contributed by atoms with Crippen molar-refractivity contribution in [3.8, 4) is 0 Å². The first-order valence-corrected chi connectivity index (χ1v) is 6.20. The first kappa shape index (κ1) is 18.8. The maximum atomic E-state index is 11.9. The fourth-order valence-electron chi connectivity index (χ4n) is 0.989. The maximum Gasteiger partial charge on any atom is 0.442 e. The molecular formula is C11H17ClN4O5. The van der Waals surface area contributed by atoms with E-state index in [0.29, 0.717) is 4.90 Å². The molecule has 0 atom stereocenters. The van der Waals surface area contributed by atoms with E-state index in [0.717, 1.165) is 0 Å². The Morgan fingerprint density at radius 3 is 2.14 bits per heavy atom. The third-order valence-electron chi connectivity index (χ3n) is 2.16. The summed E-state index contributed by atoms with van der Waals surface area (Å²) < 4.78 is 0. The molecule has 0 aliphatic carbocycles. The molecule has 3 amide bonds. The predicted molar refractivity (Wildman–Crippen MR) is 76.2 cm³/mol. The first-order valence-electron chi connectivity index (χ1n) is 5.67. The van der Waals surface area contributed by atoms with E-state index in [-0.39, 0.29) is 17.3 Å². The molecule has 0 unspecified atom stereocenters. The van der Waals surface area contributed by atoms with Crippen molar-refractivity contribution in [3.63, 3.8) is 0 Å². The molecule has 0 aromatic heterocycles. The molecule has 0 N–H and O–H groups in total. The maximum absolute atomic E-state index is 11.9. The van der Waals surface area contributed by atoms with Gasteiger partial charge in [0.25, 0.3) is 5.91 Å². The summed E-state index contributed by atoms with van der Waals surface area (Å²) in [6.45, 7) is 1.45. The van der Waals surface area contributed by atoms with Gasteiger partial charge in [0.05, 0.1) is 0 Å². The van der Waals surface area contributed by atoms with Crippen LogP contribution in [0.1, 0.15) is 6.92 Å². The summed E-state index contributed by atoms with van der Waals surface area (Å²) in [5, 5.41) is 6.98. The lowest BCUT2D eigenvalue weighted by molar-refractivity contribution is -0.125. The number of oxime groups is 2. The molecule has 0 spiro atoms. The number of rotatable bonds is 5. The molecular weight excluding hydrogens is 304 g/mol. The number of halogens is 1. The van der Waals surface area contributed by atoms with Crippen LogP contribution in [-0.2, 0) is 19.3 Å². The molecule has 0 heterocycles. The van der Waals surface area contributed by atoms with Crippen molar-refractivity contribution in [1.82, 2.24) is 9.80 Å². The molecule has 0 aliphatic heterocycles. The van der Waals surface area contributed by atoms with Gasteiger partial charge in [-0.2, -0.15) is 0 Å². The number of carbonyl (C=O) groups excluding carboxylic acids is 3. The summed E-state index contributed by atoms with van der Waals surface area (Å²) in [5.41, 5.74) is -0.128. The van der Waals surface area contributed by atoms with Crippen LogP contribution in [0, 0.1) is 0 Å². The number of hydrogen-bond donors (Lipinski definition) is 0. The molecule has 0 saturated heterocycles. The molecule has 0 aromatic carbocycles. The molecule has 118 valence electrons. The van der Waals surface area contributed by atoms with Crippen molar-refractivity contribution in [1.29, 1.82) is 0 Å². The van der Waals surface area contributed by atoms with Gasteiger partial charge in [-0.25, -0.2) is 9.69 Å². The topological polar surface area (TPSA) is 101 Å². The Labute approximate surface area is 127 Å². The normalized spacial score (nSPS) is 11.7. The summed E-state index contributed by atoms with van der Waals surface area (Å²) in [7, 11) is 5.44. The van der Waals surface area contributed by atoms with Gasteiger partial charge in [0.2, 0.25) is 5.91 Å². The Hall–Kier alpha value is -2.16. The number of imide groups is 1. The minimum absolute atomic E-state index is 0.107. The number of nitrogens with zero attached hydrogens (tertiary/aromatic N) is 4. The average Bonchev–Trinajstić information content (AvgIpc) is 2.45. The minimum Gasteiger partial charge on any atom is -0.399 e. The van der Waals surface area contributed by atoms with Crippen LogP contribution in [0.2, 0.25) is 0 Å². The van der Waals surface area contributed by atoms with E-state index in [4.69, 9.17) is 11.6 Å². The van der Waals surface area contributed by atoms with Gasteiger partial charge in [-0.05, 0) is 6.92 Å². The second-order valence-corrected chi connectivity index (χ2v) is 4.21. The molecule has 0 radical (unpaired) electrons. The van der Waals surface area contributed by atoms with Crippen LogP contribution in [-0.4, -0.2) is 73.3 Å². The van der Waals surface area contributed by atoms with Crippen molar-refractivity contribution in [3.05, 3.63) is 0 Å². The second-order valence-electron chi connectivity index (χ2n) is 3.94. The second kappa shape index (κ2) is 8.90. The highest BCUT2D eigenvalue weighted by atomic mass is 35.5. The van der Waals surface area contributed by atoms with E-state index in [1.165, 1.54) is 40.1 Å². The van der Waals surface area contributed by atoms with Crippen LogP contribution < -0.4 is 0 Å². The van der Waals surface area contributed by atoms with Crippen LogP contribution in [0.3, 0.4) is 0 Å². The minimum atomic E-state index is -1.07. The molecule has 21 heavy (non-hydrogen) atoms. The van der Waals surface area contributed by atoms with E-state index >= 15 is 0 Å². The molecule has 9 nitrogen and oxygen atoms in total. The van der Waals surface area contributed by atoms with Gasteiger partial charge < -0.3 is 9.74 Å². The highest BCUT2D eigenvalue weighted by molar-refractivity contribution is 6.66.